The van der Waals surface area contributed by atoms with Gasteiger partial charge in [-0.25, -0.2) is 0 Å². The van der Waals surface area contributed by atoms with Gasteiger partial charge < -0.3 is 19.3 Å². The fourth-order valence-electron chi connectivity index (χ4n) is 3.00. The Kier molecular flexibility index (Phi) is 6.78. The van der Waals surface area contributed by atoms with Gasteiger partial charge in [0.1, 0.15) is 6.29 Å². The van der Waals surface area contributed by atoms with Gasteiger partial charge in [0.2, 0.25) is 5.91 Å². The summed E-state index contributed by atoms with van der Waals surface area (Å²) in [6.07, 6.45) is -0.301. The van der Waals surface area contributed by atoms with E-state index in [4.69, 9.17) is 8.85 Å². The van der Waals surface area contributed by atoms with Crippen LogP contribution in [0.15, 0.2) is 0 Å². The normalized spacial score (nSPS) is 26.9. The molecule has 0 aliphatic carbocycles. The van der Waals surface area contributed by atoms with E-state index in [1.807, 2.05) is 20.8 Å². The molecule has 1 rings (SSSR count). The third kappa shape index (κ3) is 3.79. The maximum absolute atomic E-state index is 12.0. The van der Waals surface area contributed by atoms with E-state index < -0.39 is 31.4 Å². The van der Waals surface area contributed by atoms with E-state index in [2.05, 4.69) is 18.4 Å². The van der Waals surface area contributed by atoms with Gasteiger partial charge in [0, 0.05) is 5.41 Å². The van der Waals surface area contributed by atoms with Crippen LogP contribution < -0.4 is 5.32 Å². The quantitative estimate of drug-likeness (QED) is 0.351. The molecule has 6 nitrogen and oxygen atoms in total. The summed E-state index contributed by atoms with van der Waals surface area (Å²) in [4.78, 5) is 23.2. The number of rotatable bonds is 9. The summed E-state index contributed by atoms with van der Waals surface area (Å²) in [5, 5.41) is 11.9. The maximum Gasteiger partial charge on any atom is 0.308 e. The highest BCUT2D eigenvalue weighted by Gasteiger charge is 2.52. The topological polar surface area (TPSA) is 84.9 Å². The lowest BCUT2D eigenvalue weighted by Crippen LogP contribution is -2.66. The molecule has 2 N–H and O–H groups in total. The minimum absolute atomic E-state index is 0.0286. The Labute approximate surface area is 137 Å². The van der Waals surface area contributed by atoms with Crippen molar-refractivity contribution in [2.45, 2.75) is 53.1 Å². The molecule has 0 spiro atoms. The molecule has 0 aromatic rings. The largest absolute Gasteiger partial charge is 0.481 e. The summed E-state index contributed by atoms with van der Waals surface area (Å²) < 4.78 is 11.7. The number of hydrogen-bond acceptors (Lipinski definition) is 4. The molecule has 0 aromatic heterocycles. The predicted octanol–water partition coefficient (Wildman–Crippen LogP) is 0.107. The lowest BCUT2D eigenvalue weighted by Gasteiger charge is -2.49. The van der Waals surface area contributed by atoms with Crippen molar-refractivity contribution in [2.75, 3.05) is 0 Å². The molecular weight excluding hydrogens is 318 g/mol. The van der Waals surface area contributed by atoms with Crippen molar-refractivity contribution in [3.63, 3.8) is 0 Å². The van der Waals surface area contributed by atoms with Crippen LogP contribution in [0.25, 0.3) is 0 Å². The van der Waals surface area contributed by atoms with Crippen molar-refractivity contribution in [3.05, 3.63) is 0 Å². The zero-order chi connectivity index (χ0) is 17.1. The summed E-state index contributed by atoms with van der Waals surface area (Å²) in [5.74, 6) is -1.89. The van der Waals surface area contributed by atoms with Crippen LogP contribution in [0.1, 0.15) is 27.7 Å². The summed E-state index contributed by atoms with van der Waals surface area (Å²) >= 11 is 0. The molecule has 1 heterocycles. The van der Waals surface area contributed by atoms with E-state index in [1.165, 1.54) is 0 Å². The molecule has 0 aromatic carbocycles. The summed E-state index contributed by atoms with van der Waals surface area (Å²) in [7, 11) is -1.26. The predicted molar refractivity (Wildman–Crippen MR) is 89.9 cm³/mol. The second kappa shape index (κ2) is 7.71. The van der Waals surface area contributed by atoms with Crippen molar-refractivity contribution in [1.82, 2.24) is 5.32 Å². The molecule has 0 saturated carbocycles. The Bertz CT molecular complexity index is 412. The zero-order valence-electron chi connectivity index (χ0n) is 14.4. The van der Waals surface area contributed by atoms with Gasteiger partial charge in [-0.05, 0) is 12.8 Å². The van der Waals surface area contributed by atoms with Crippen molar-refractivity contribution in [1.29, 1.82) is 0 Å². The van der Waals surface area contributed by atoms with Crippen LogP contribution in [-0.2, 0) is 18.4 Å². The van der Waals surface area contributed by atoms with Gasteiger partial charge in [0.25, 0.3) is 0 Å². The molecule has 0 radical (unpaired) electrons. The third-order valence-corrected chi connectivity index (χ3v) is 6.15. The molecule has 128 valence electrons. The SMILES string of the molecule is C[SiH2]OC(O[SiH2]C)C(C)(C)[C@H](C)[C@@H]1C(=O)N[C@@H]1[C@@H](C)C(=O)O. The molecule has 8 heteroatoms. The highest BCUT2D eigenvalue weighted by Crippen LogP contribution is 2.42. The lowest BCUT2D eigenvalue weighted by atomic mass is 9.64. The highest BCUT2D eigenvalue weighted by molar-refractivity contribution is 6.26. The standard InChI is InChI=1S/C14H29NO5Si2/c1-7(12(17)18)10-9(11(16)15-10)8(2)14(3,4)13(19-21-5)20-22-6/h7-10,13H,21-22H2,1-6H3,(H,15,16)(H,17,18)/t7-,8-,9+,10-/m1/s1. The first-order valence-corrected chi connectivity index (χ1v) is 11.9. The molecule has 1 aliphatic heterocycles. The number of β-lactam (4-membered cyclic amide) rings is 1. The van der Waals surface area contributed by atoms with Crippen molar-refractivity contribution in [2.24, 2.45) is 23.2 Å². The van der Waals surface area contributed by atoms with Crippen LogP contribution in [0.3, 0.4) is 0 Å². The van der Waals surface area contributed by atoms with Crippen molar-refractivity contribution < 1.29 is 23.5 Å². The van der Waals surface area contributed by atoms with Gasteiger partial charge in [-0.15, -0.1) is 0 Å². The summed E-state index contributed by atoms with van der Waals surface area (Å²) in [6, 6.07) is -0.322. The van der Waals surface area contributed by atoms with Crippen LogP contribution in [0.5, 0.6) is 0 Å². The van der Waals surface area contributed by atoms with Crippen molar-refractivity contribution in [3.8, 4) is 0 Å². The Morgan fingerprint density at radius 1 is 1.27 bits per heavy atom. The fourth-order valence-corrected chi connectivity index (χ4v) is 4.85. The Balaban J connectivity index is 2.92. The van der Waals surface area contributed by atoms with E-state index in [9.17, 15) is 14.7 Å². The lowest BCUT2D eigenvalue weighted by molar-refractivity contribution is -0.159. The minimum Gasteiger partial charge on any atom is -0.481 e. The van der Waals surface area contributed by atoms with E-state index in [-0.39, 0.29) is 35.5 Å². The fraction of sp³-hybridized carbons (Fsp3) is 0.857. The molecule has 1 saturated heterocycles. The van der Waals surface area contributed by atoms with Gasteiger partial charge >= 0.3 is 5.97 Å². The van der Waals surface area contributed by atoms with Gasteiger partial charge in [-0.3, -0.25) is 9.59 Å². The van der Waals surface area contributed by atoms with Crippen LogP contribution in [0, 0.1) is 23.2 Å². The number of carboxylic acid groups (broad SMARTS) is 1. The van der Waals surface area contributed by atoms with Crippen LogP contribution in [0.4, 0.5) is 0 Å². The Morgan fingerprint density at radius 2 is 1.77 bits per heavy atom. The number of carbonyl (C=O) groups is 2. The average Bonchev–Trinajstić information content (AvgIpc) is 2.43. The average molecular weight is 348 g/mol. The second-order valence-electron chi connectivity index (χ2n) is 6.54. The molecule has 0 unspecified atom stereocenters. The van der Waals surface area contributed by atoms with E-state index in [1.54, 1.807) is 6.92 Å². The number of carboxylic acids is 1. The number of carbonyl (C=O) groups excluding carboxylic acids is 1. The number of nitrogens with one attached hydrogen (secondary N) is 1. The third-order valence-electron chi connectivity index (χ3n) is 4.88. The number of aliphatic carboxylic acids is 1. The molecule has 1 fully saturated rings. The Hall–Kier alpha value is -0.706. The van der Waals surface area contributed by atoms with E-state index in [0.717, 1.165) is 0 Å². The first kappa shape index (κ1) is 19.3. The molecule has 4 atom stereocenters. The molecule has 1 amide bonds. The molecular formula is C14H29NO5Si2. The second-order valence-corrected chi connectivity index (χ2v) is 8.36. The van der Waals surface area contributed by atoms with Crippen LogP contribution in [0.2, 0.25) is 13.1 Å². The molecule has 22 heavy (non-hydrogen) atoms. The van der Waals surface area contributed by atoms with Crippen molar-refractivity contribution >= 4 is 31.4 Å². The first-order chi connectivity index (χ1) is 10.2. The summed E-state index contributed by atoms with van der Waals surface area (Å²) in [5.41, 5.74) is -0.342. The molecule has 0 bridgehead atoms. The van der Waals surface area contributed by atoms with Crippen LogP contribution in [-0.4, -0.2) is 48.8 Å². The molecule has 1 aliphatic rings. The van der Waals surface area contributed by atoms with E-state index in [0.29, 0.717) is 0 Å². The van der Waals surface area contributed by atoms with Crippen LogP contribution >= 0.6 is 0 Å². The summed E-state index contributed by atoms with van der Waals surface area (Å²) in [6.45, 7) is 11.8. The van der Waals surface area contributed by atoms with Gasteiger partial charge in [-0.1, -0.05) is 33.9 Å². The number of amides is 1. The highest BCUT2D eigenvalue weighted by atomic mass is 28.2. The monoisotopic (exact) mass is 347 g/mol. The van der Waals surface area contributed by atoms with Gasteiger partial charge in [0.15, 0.2) is 19.5 Å². The Morgan fingerprint density at radius 3 is 2.14 bits per heavy atom. The minimum atomic E-state index is -0.883. The smallest absolute Gasteiger partial charge is 0.308 e. The van der Waals surface area contributed by atoms with E-state index >= 15 is 0 Å². The van der Waals surface area contributed by atoms with Gasteiger partial charge in [0.05, 0.1) is 17.9 Å². The van der Waals surface area contributed by atoms with Gasteiger partial charge in [-0.2, -0.15) is 0 Å². The first-order valence-electron chi connectivity index (χ1n) is 7.94. The zero-order valence-corrected chi connectivity index (χ0v) is 17.2. The number of hydrogen-bond donors (Lipinski definition) is 2. The maximum atomic E-state index is 12.0.